The van der Waals surface area contributed by atoms with E-state index in [2.05, 4.69) is 0 Å². The van der Waals surface area contributed by atoms with Gasteiger partial charge in [0.2, 0.25) is 0 Å². The normalized spacial score (nSPS) is 18.0. The molecule has 0 radical (unpaired) electrons. The Kier molecular flexibility index (Phi) is 12.6. The van der Waals surface area contributed by atoms with Crippen molar-refractivity contribution in [2.24, 2.45) is 0 Å². The molecule has 0 spiro atoms. The third kappa shape index (κ3) is 8.24. The first-order valence-electron chi connectivity index (χ1n) is 5.47. The highest BCUT2D eigenvalue weighted by atomic mass is 16.4. The summed E-state index contributed by atoms with van der Waals surface area (Å²) < 4.78 is 0. The van der Waals surface area contributed by atoms with E-state index in [0.29, 0.717) is 0 Å². The van der Waals surface area contributed by atoms with E-state index in [4.69, 9.17) is 40.9 Å². The maximum Gasteiger partial charge on any atom is 0.189 e. The summed E-state index contributed by atoms with van der Waals surface area (Å²) in [6.07, 6.45) is -7.82. The van der Waals surface area contributed by atoms with E-state index in [9.17, 15) is 9.59 Å². The lowest BCUT2D eigenvalue weighted by Gasteiger charge is -2.16. The number of hydrogen-bond donors (Lipinski definition) is 8. The number of hydrogen-bond acceptors (Lipinski definition) is 10. The van der Waals surface area contributed by atoms with Crippen molar-refractivity contribution in [1.82, 2.24) is 0 Å². The third-order valence-electron chi connectivity index (χ3n) is 2.11. The number of aliphatic hydroxyl groups excluding tert-OH is 8. The first kappa shape index (κ1) is 21.3. The van der Waals surface area contributed by atoms with Crippen LogP contribution in [0.3, 0.4) is 0 Å². The molecule has 8 N–H and O–H groups in total. The summed E-state index contributed by atoms with van der Waals surface area (Å²) in [5.41, 5.74) is 0. The van der Waals surface area contributed by atoms with Crippen LogP contribution in [0.25, 0.3) is 0 Å². The largest absolute Gasteiger partial charge is 0.394 e. The molecular weight excluding hydrogens is 280 g/mol. The Morgan fingerprint density at radius 3 is 1.65 bits per heavy atom. The molecule has 0 aliphatic rings. The second kappa shape index (κ2) is 11.8. The molecule has 0 saturated heterocycles. The highest BCUT2D eigenvalue weighted by molar-refractivity contribution is 5.84. The summed E-state index contributed by atoms with van der Waals surface area (Å²) in [7, 11) is 0. The van der Waals surface area contributed by atoms with Gasteiger partial charge >= 0.3 is 0 Å². The summed E-state index contributed by atoms with van der Waals surface area (Å²) in [5.74, 6) is -0.901. The lowest BCUT2D eigenvalue weighted by Crippen LogP contribution is -2.40. The van der Waals surface area contributed by atoms with Gasteiger partial charge in [-0.2, -0.15) is 0 Å². The molecule has 120 valence electrons. The van der Waals surface area contributed by atoms with Gasteiger partial charge in [-0.3, -0.25) is 4.79 Å². The fourth-order valence-electron chi connectivity index (χ4n) is 0.824. The Morgan fingerprint density at radius 1 is 0.900 bits per heavy atom. The van der Waals surface area contributed by atoms with Crippen LogP contribution in [0, 0.1) is 0 Å². The van der Waals surface area contributed by atoms with Gasteiger partial charge < -0.3 is 45.6 Å². The zero-order valence-electron chi connectivity index (χ0n) is 10.5. The molecule has 0 aromatic carbocycles. The Hall–Kier alpha value is -0.980. The Bertz CT molecular complexity index is 271. The van der Waals surface area contributed by atoms with Crippen molar-refractivity contribution in [3.8, 4) is 0 Å². The van der Waals surface area contributed by atoms with Crippen LogP contribution in [0.5, 0.6) is 0 Å². The molecule has 0 bridgehead atoms. The van der Waals surface area contributed by atoms with Gasteiger partial charge in [-0.05, 0) is 0 Å². The first-order valence-corrected chi connectivity index (χ1v) is 5.47. The van der Waals surface area contributed by atoms with E-state index in [-0.39, 0.29) is 6.29 Å². The van der Waals surface area contributed by atoms with Gasteiger partial charge in [0.05, 0.1) is 13.2 Å². The van der Waals surface area contributed by atoms with Gasteiger partial charge in [-0.25, -0.2) is 0 Å². The first-order chi connectivity index (χ1) is 9.26. The SMILES string of the molecule is O=C(CO)[C@@H](O)[C@@H](O)CO.O=C[C@@H](O)[C@@H](O)[C@@H](O)CO. The van der Waals surface area contributed by atoms with Crippen LogP contribution in [0.4, 0.5) is 0 Å². The zero-order chi connectivity index (χ0) is 16.3. The van der Waals surface area contributed by atoms with Gasteiger partial charge in [0.1, 0.15) is 37.1 Å². The molecule has 10 heteroatoms. The van der Waals surface area contributed by atoms with Crippen LogP contribution < -0.4 is 0 Å². The minimum absolute atomic E-state index is 0.0869. The van der Waals surface area contributed by atoms with Crippen molar-refractivity contribution >= 4 is 12.1 Å². The van der Waals surface area contributed by atoms with Crippen LogP contribution in [-0.2, 0) is 9.59 Å². The molecule has 0 rings (SSSR count). The molecule has 20 heavy (non-hydrogen) atoms. The lowest BCUT2D eigenvalue weighted by molar-refractivity contribution is -0.137. The lowest BCUT2D eigenvalue weighted by atomic mass is 10.1. The number of aliphatic hydroxyl groups is 8. The van der Waals surface area contributed by atoms with Crippen molar-refractivity contribution in [3.63, 3.8) is 0 Å². The minimum atomic E-state index is -1.69. The predicted molar refractivity (Wildman–Crippen MR) is 62.4 cm³/mol. The van der Waals surface area contributed by atoms with Gasteiger partial charge in [-0.15, -0.1) is 0 Å². The number of carbonyl (C=O) groups excluding carboxylic acids is 2. The number of aldehydes is 1. The minimum Gasteiger partial charge on any atom is -0.394 e. The van der Waals surface area contributed by atoms with Crippen molar-refractivity contribution in [1.29, 1.82) is 0 Å². The summed E-state index contributed by atoms with van der Waals surface area (Å²) >= 11 is 0. The summed E-state index contributed by atoms with van der Waals surface area (Å²) in [6.45, 7) is -2.23. The highest BCUT2D eigenvalue weighted by Gasteiger charge is 2.23. The number of rotatable bonds is 8. The van der Waals surface area contributed by atoms with E-state index in [1.54, 1.807) is 0 Å². The molecule has 0 aliphatic heterocycles. The van der Waals surface area contributed by atoms with E-state index in [1.165, 1.54) is 0 Å². The van der Waals surface area contributed by atoms with Gasteiger partial charge in [0, 0.05) is 0 Å². The van der Waals surface area contributed by atoms with Crippen molar-refractivity contribution < 1.29 is 50.4 Å². The van der Waals surface area contributed by atoms with Crippen LogP contribution in [-0.4, -0.2) is 103 Å². The fourth-order valence-corrected chi connectivity index (χ4v) is 0.824. The average Bonchev–Trinajstić information content (AvgIpc) is 2.50. The molecule has 0 fully saturated rings. The Labute approximate surface area is 114 Å². The molecule has 0 amide bonds. The third-order valence-corrected chi connectivity index (χ3v) is 2.11. The highest BCUT2D eigenvalue weighted by Crippen LogP contribution is 1.96. The number of Topliss-reactive ketones (excluding diaryl/α,β-unsaturated/α-hetero) is 1. The predicted octanol–water partition coefficient (Wildman–Crippen LogP) is -5.48. The zero-order valence-corrected chi connectivity index (χ0v) is 10.5. The van der Waals surface area contributed by atoms with E-state index < -0.39 is 56.1 Å². The monoisotopic (exact) mass is 300 g/mol. The van der Waals surface area contributed by atoms with Crippen molar-refractivity contribution in [3.05, 3.63) is 0 Å². The van der Waals surface area contributed by atoms with Crippen LogP contribution in [0.1, 0.15) is 0 Å². The second-order valence-corrected chi connectivity index (χ2v) is 3.69. The van der Waals surface area contributed by atoms with Crippen LogP contribution in [0.2, 0.25) is 0 Å². The quantitative estimate of drug-likeness (QED) is 0.200. The average molecular weight is 300 g/mol. The van der Waals surface area contributed by atoms with Gasteiger partial charge in [0.25, 0.3) is 0 Å². The summed E-state index contributed by atoms with van der Waals surface area (Å²) in [6, 6.07) is 0. The van der Waals surface area contributed by atoms with Gasteiger partial charge in [-0.1, -0.05) is 0 Å². The molecule has 10 nitrogen and oxygen atoms in total. The van der Waals surface area contributed by atoms with E-state index in [1.807, 2.05) is 0 Å². The fraction of sp³-hybridized carbons (Fsp3) is 0.800. The van der Waals surface area contributed by atoms with Crippen LogP contribution >= 0.6 is 0 Å². The van der Waals surface area contributed by atoms with E-state index in [0.717, 1.165) is 0 Å². The standard InChI is InChI=1S/2C5H10O5/c2*6-1-3(8)5(10)4(9)2-7/h3,5-8,10H,1-2H2;1,3-5,7-10H,2H2/t3-,5-;3-,4+,5-/m01/s1. The van der Waals surface area contributed by atoms with Gasteiger partial charge in [0.15, 0.2) is 12.1 Å². The summed E-state index contributed by atoms with van der Waals surface area (Å²) in [4.78, 5) is 20.1. The maximum absolute atomic E-state index is 10.3. The molecule has 0 saturated carbocycles. The topological polar surface area (TPSA) is 196 Å². The van der Waals surface area contributed by atoms with Crippen LogP contribution in [0.15, 0.2) is 0 Å². The Morgan fingerprint density at radius 2 is 1.35 bits per heavy atom. The summed E-state index contributed by atoms with van der Waals surface area (Å²) in [5, 5.41) is 67.7. The number of carbonyl (C=O) groups is 2. The molecule has 0 unspecified atom stereocenters. The van der Waals surface area contributed by atoms with Crippen molar-refractivity contribution in [2.75, 3.05) is 19.8 Å². The van der Waals surface area contributed by atoms with E-state index >= 15 is 0 Å². The molecule has 5 atom stereocenters. The second-order valence-electron chi connectivity index (χ2n) is 3.69. The Balaban J connectivity index is 0. The number of ketones is 1. The van der Waals surface area contributed by atoms with Crippen molar-refractivity contribution in [2.45, 2.75) is 30.5 Å². The smallest absolute Gasteiger partial charge is 0.189 e. The molecule has 0 aromatic rings. The molecule has 0 aromatic heterocycles. The molecule has 0 heterocycles. The maximum atomic E-state index is 10.3. The molecular formula is C10H20O10. The molecule has 0 aliphatic carbocycles.